The van der Waals surface area contributed by atoms with Crippen LogP contribution in [0.5, 0.6) is 0 Å². The lowest BCUT2D eigenvalue weighted by Gasteiger charge is -2.33. The molecule has 0 bridgehead atoms. The van der Waals surface area contributed by atoms with Gasteiger partial charge >= 0.3 is 0 Å². The molecule has 2 rings (SSSR count). The van der Waals surface area contributed by atoms with Crippen molar-refractivity contribution in [2.75, 3.05) is 31.9 Å². The first-order chi connectivity index (χ1) is 13.3. The van der Waals surface area contributed by atoms with E-state index in [1.165, 1.54) is 12.1 Å². The first kappa shape index (κ1) is 26.3. The van der Waals surface area contributed by atoms with Crippen molar-refractivity contribution in [3.05, 3.63) is 35.6 Å². The molecule has 1 fully saturated rings. The van der Waals surface area contributed by atoms with Gasteiger partial charge in [-0.25, -0.2) is 4.39 Å². The molecule has 0 amide bonds. The lowest BCUT2D eigenvalue weighted by molar-refractivity contribution is 0.198. The zero-order valence-electron chi connectivity index (χ0n) is 18.0. The quantitative estimate of drug-likeness (QED) is 0.317. The first-order valence-electron chi connectivity index (χ1n) is 10.2. The van der Waals surface area contributed by atoms with E-state index in [4.69, 9.17) is 0 Å². The Balaban J connectivity index is 0.00000420. The van der Waals surface area contributed by atoms with Crippen molar-refractivity contribution >= 4 is 40.7 Å². The zero-order valence-corrected chi connectivity index (χ0v) is 21.2. The molecule has 0 aliphatic carbocycles. The molecule has 1 saturated heterocycles. The molecule has 0 radical (unpaired) electrons. The minimum absolute atomic E-state index is 0. The zero-order chi connectivity index (χ0) is 20.6. The number of nitrogens with zero attached hydrogens (tertiary/aromatic N) is 2. The summed E-state index contributed by atoms with van der Waals surface area (Å²) in [5.74, 6) is 1.20. The van der Waals surface area contributed by atoms with Gasteiger partial charge in [-0.2, -0.15) is 0 Å². The number of hydrogen-bond acceptors (Lipinski definition) is 3. The van der Waals surface area contributed by atoms with Crippen molar-refractivity contribution in [2.45, 2.75) is 57.9 Å². The standard InChI is InChI=1S/C21H35FN4OS.HI/c1-5-23-20(24-12-15-28(27)21(2,3)4)25-19-10-13-26(14-11-19)16-17-6-8-18(22)9-7-17;/h6-9,19H,5,10-16H2,1-4H3,(H2,23,24,25);1H. The number of likely N-dealkylation sites (tertiary alicyclic amines) is 1. The largest absolute Gasteiger partial charge is 0.357 e. The van der Waals surface area contributed by atoms with E-state index in [9.17, 15) is 8.60 Å². The highest BCUT2D eigenvalue weighted by Crippen LogP contribution is 2.14. The highest BCUT2D eigenvalue weighted by atomic mass is 127. The second kappa shape index (κ2) is 12.8. The van der Waals surface area contributed by atoms with Crippen molar-refractivity contribution in [1.82, 2.24) is 15.5 Å². The lowest BCUT2D eigenvalue weighted by atomic mass is 10.0. The van der Waals surface area contributed by atoms with E-state index in [1.54, 1.807) is 0 Å². The van der Waals surface area contributed by atoms with E-state index in [0.717, 1.165) is 50.5 Å². The van der Waals surface area contributed by atoms with Gasteiger partial charge in [0.2, 0.25) is 0 Å². The molecule has 1 aromatic rings. The summed E-state index contributed by atoms with van der Waals surface area (Å²) in [6, 6.07) is 7.15. The average molecular weight is 539 g/mol. The summed E-state index contributed by atoms with van der Waals surface area (Å²) in [5.41, 5.74) is 1.15. The van der Waals surface area contributed by atoms with Gasteiger partial charge in [0, 0.05) is 53.5 Å². The van der Waals surface area contributed by atoms with Crippen LogP contribution in [-0.4, -0.2) is 57.8 Å². The van der Waals surface area contributed by atoms with Gasteiger partial charge in [-0.05, 0) is 58.2 Å². The average Bonchev–Trinajstić information content (AvgIpc) is 2.64. The van der Waals surface area contributed by atoms with Gasteiger partial charge in [0.05, 0.1) is 6.54 Å². The molecule has 8 heteroatoms. The van der Waals surface area contributed by atoms with Crippen molar-refractivity contribution in [3.63, 3.8) is 0 Å². The lowest BCUT2D eigenvalue weighted by Crippen LogP contribution is -2.48. The Labute approximate surface area is 194 Å². The minimum Gasteiger partial charge on any atom is -0.357 e. The molecule has 1 aliphatic heterocycles. The maximum absolute atomic E-state index is 13.0. The molecular weight excluding hydrogens is 502 g/mol. The van der Waals surface area contributed by atoms with E-state index in [1.807, 2.05) is 32.9 Å². The van der Waals surface area contributed by atoms with Gasteiger partial charge in [0.1, 0.15) is 5.82 Å². The molecule has 5 nitrogen and oxygen atoms in total. The summed E-state index contributed by atoms with van der Waals surface area (Å²) in [6.45, 7) is 12.3. The van der Waals surface area contributed by atoms with E-state index in [0.29, 0.717) is 18.3 Å². The molecule has 2 N–H and O–H groups in total. The highest BCUT2D eigenvalue weighted by molar-refractivity contribution is 14.0. The molecule has 166 valence electrons. The fraction of sp³-hybridized carbons (Fsp3) is 0.667. The predicted molar refractivity (Wildman–Crippen MR) is 132 cm³/mol. The number of guanidine groups is 1. The summed E-state index contributed by atoms with van der Waals surface area (Å²) in [4.78, 5) is 7.01. The molecule has 0 spiro atoms. The van der Waals surface area contributed by atoms with Crippen molar-refractivity contribution < 1.29 is 8.60 Å². The Morgan fingerprint density at radius 3 is 2.41 bits per heavy atom. The minimum atomic E-state index is -0.883. The molecule has 29 heavy (non-hydrogen) atoms. The summed E-state index contributed by atoms with van der Waals surface area (Å²) in [6.07, 6.45) is 2.08. The second-order valence-electron chi connectivity index (χ2n) is 8.24. The molecule has 1 aliphatic rings. The van der Waals surface area contributed by atoms with Crippen LogP contribution in [-0.2, 0) is 17.3 Å². The smallest absolute Gasteiger partial charge is 0.191 e. The summed E-state index contributed by atoms with van der Waals surface area (Å²) in [7, 11) is -0.883. The maximum Gasteiger partial charge on any atom is 0.191 e. The number of hydrogen-bond donors (Lipinski definition) is 2. The number of nitrogens with one attached hydrogen (secondary N) is 2. The van der Waals surface area contributed by atoms with Crippen LogP contribution in [0.4, 0.5) is 4.39 Å². The highest BCUT2D eigenvalue weighted by Gasteiger charge is 2.21. The Morgan fingerprint density at radius 2 is 1.86 bits per heavy atom. The number of rotatable bonds is 7. The van der Waals surface area contributed by atoms with Crippen molar-refractivity contribution in [2.24, 2.45) is 4.99 Å². The Kier molecular flexibility index (Phi) is 11.6. The number of aliphatic imine (C=N–C) groups is 1. The van der Waals surface area contributed by atoms with Gasteiger partial charge in [0.15, 0.2) is 5.96 Å². The van der Waals surface area contributed by atoms with Gasteiger partial charge in [0.25, 0.3) is 0 Å². The van der Waals surface area contributed by atoms with Crippen LogP contribution in [0.3, 0.4) is 0 Å². The van der Waals surface area contributed by atoms with E-state index >= 15 is 0 Å². The molecule has 0 aromatic heterocycles. The van der Waals surface area contributed by atoms with Crippen molar-refractivity contribution in [3.8, 4) is 0 Å². The van der Waals surface area contributed by atoms with Crippen molar-refractivity contribution in [1.29, 1.82) is 0 Å². The van der Waals surface area contributed by atoms with Crippen LogP contribution in [0.15, 0.2) is 29.3 Å². The fourth-order valence-corrected chi connectivity index (χ4v) is 4.01. The molecule has 1 atom stereocenters. The normalized spacial score (nSPS) is 17.5. The van der Waals surface area contributed by atoms with Gasteiger partial charge in [-0.3, -0.25) is 14.1 Å². The van der Waals surface area contributed by atoms with E-state index in [2.05, 4.69) is 27.4 Å². The van der Waals surface area contributed by atoms with Crippen LogP contribution in [0.25, 0.3) is 0 Å². The molecule has 1 heterocycles. The monoisotopic (exact) mass is 538 g/mol. The second-order valence-corrected chi connectivity index (χ2v) is 10.6. The molecule has 1 aromatic carbocycles. The van der Waals surface area contributed by atoms with Gasteiger partial charge < -0.3 is 10.6 Å². The Bertz CT molecular complexity index is 656. The van der Waals surface area contributed by atoms with Gasteiger partial charge in [-0.1, -0.05) is 12.1 Å². The summed E-state index contributed by atoms with van der Waals surface area (Å²) >= 11 is 0. The first-order valence-corrected chi connectivity index (χ1v) is 11.5. The number of halogens is 2. The predicted octanol–water partition coefficient (Wildman–Crippen LogP) is 3.51. The third kappa shape index (κ3) is 9.74. The Hall–Kier alpha value is -0.740. The summed E-state index contributed by atoms with van der Waals surface area (Å²) < 4.78 is 25.0. The van der Waals surface area contributed by atoms with Crippen LogP contribution in [0, 0.1) is 5.82 Å². The summed E-state index contributed by atoms with van der Waals surface area (Å²) in [5, 5.41) is 6.81. The Morgan fingerprint density at radius 1 is 1.24 bits per heavy atom. The molecule has 1 unspecified atom stereocenters. The van der Waals surface area contributed by atoms with Crippen LogP contribution in [0.2, 0.25) is 0 Å². The SMILES string of the molecule is CCNC(=NCCS(=O)C(C)(C)C)NC1CCN(Cc2ccc(F)cc2)CC1.I. The van der Waals surface area contributed by atoms with Crippen LogP contribution < -0.4 is 10.6 Å². The third-order valence-electron chi connectivity index (χ3n) is 4.82. The third-order valence-corrected chi connectivity index (χ3v) is 6.74. The fourth-order valence-electron chi connectivity index (χ4n) is 3.14. The van der Waals surface area contributed by atoms with Gasteiger partial charge in [-0.15, -0.1) is 24.0 Å². The van der Waals surface area contributed by atoms with Crippen LogP contribution in [0.1, 0.15) is 46.1 Å². The topological polar surface area (TPSA) is 56.7 Å². The van der Waals surface area contributed by atoms with E-state index in [-0.39, 0.29) is 34.5 Å². The van der Waals surface area contributed by atoms with Crippen LogP contribution >= 0.6 is 24.0 Å². The number of piperidine rings is 1. The maximum atomic E-state index is 13.0. The molecule has 0 saturated carbocycles. The number of benzene rings is 1. The van der Waals surface area contributed by atoms with E-state index < -0.39 is 10.8 Å². The molecular formula is C21H36FIN4OS.